The molecule has 2 heterocycles. The van der Waals surface area contributed by atoms with Gasteiger partial charge in [0, 0.05) is 41.7 Å². The molecule has 0 bridgehead atoms. The fourth-order valence-electron chi connectivity index (χ4n) is 2.22. The summed E-state index contributed by atoms with van der Waals surface area (Å²) in [6, 6.07) is 10.3. The summed E-state index contributed by atoms with van der Waals surface area (Å²) in [5.74, 6) is 0.869. The monoisotopic (exact) mass is 330 g/mol. The number of nitrogens with one attached hydrogen (secondary N) is 2. The fraction of sp³-hybridized carbons (Fsp3) is 0.444. The molecule has 0 aliphatic heterocycles. The molecule has 0 atom stereocenters. The highest BCUT2D eigenvalue weighted by Crippen LogP contribution is 2.27. The van der Waals surface area contributed by atoms with Crippen LogP contribution in [0.15, 0.2) is 46.9 Å². The number of aliphatic imine (C=N–C) groups is 1. The van der Waals surface area contributed by atoms with Crippen molar-refractivity contribution in [2.24, 2.45) is 4.99 Å². The van der Waals surface area contributed by atoms with E-state index in [0.717, 1.165) is 37.7 Å². The van der Waals surface area contributed by atoms with E-state index in [1.807, 2.05) is 24.4 Å². The first-order valence-electron chi connectivity index (χ1n) is 8.08. The maximum Gasteiger partial charge on any atom is 0.191 e. The van der Waals surface area contributed by atoms with E-state index in [2.05, 4.69) is 53.9 Å². The number of hydrogen-bond acceptors (Lipinski definition) is 3. The number of guanidine groups is 1. The van der Waals surface area contributed by atoms with Gasteiger partial charge in [-0.1, -0.05) is 26.0 Å². The quantitative estimate of drug-likeness (QED) is 0.605. The molecule has 5 heteroatoms. The van der Waals surface area contributed by atoms with Crippen molar-refractivity contribution in [2.75, 3.05) is 19.6 Å². The van der Waals surface area contributed by atoms with Crippen LogP contribution in [0.25, 0.3) is 0 Å². The van der Waals surface area contributed by atoms with Crippen LogP contribution in [0.4, 0.5) is 0 Å². The Labute approximate surface area is 143 Å². The van der Waals surface area contributed by atoms with Crippen molar-refractivity contribution in [3.8, 4) is 0 Å². The lowest BCUT2D eigenvalue weighted by Gasteiger charge is -2.21. The summed E-state index contributed by atoms with van der Waals surface area (Å²) in [5, 5.41) is 8.82. The van der Waals surface area contributed by atoms with Crippen LogP contribution >= 0.6 is 11.3 Å². The molecule has 2 aromatic heterocycles. The average molecular weight is 331 g/mol. The van der Waals surface area contributed by atoms with Crippen molar-refractivity contribution in [1.82, 2.24) is 15.6 Å². The summed E-state index contributed by atoms with van der Waals surface area (Å²) in [6.45, 7) is 8.99. The first-order chi connectivity index (χ1) is 11.1. The van der Waals surface area contributed by atoms with Gasteiger partial charge in [-0.2, -0.15) is 0 Å². The number of rotatable bonds is 7. The van der Waals surface area contributed by atoms with E-state index in [1.165, 1.54) is 4.88 Å². The second-order valence-corrected chi connectivity index (χ2v) is 7.00. The largest absolute Gasteiger partial charge is 0.357 e. The molecule has 2 N–H and O–H groups in total. The minimum atomic E-state index is 0.0531. The van der Waals surface area contributed by atoms with Crippen LogP contribution in [0, 0.1) is 0 Å². The predicted octanol–water partition coefficient (Wildman–Crippen LogP) is 3.22. The zero-order valence-corrected chi connectivity index (χ0v) is 15.0. The molecule has 4 nitrogen and oxygen atoms in total. The predicted molar refractivity (Wildman–Crippen MR) is 99.3 cm³/mol. The lowest BCUT2D eigenvalue weighted by molar-refractivity contribution is 0.548. The number of hydrogen-bond donors (Lipinski definition) is 2. The van der Waals surface area contributed by atoms with Gasteiger partial charge in [0.05, 0.1) is 6.54 Å². The van der Waals surface area contributed by atoms with E-state index in [0.29, 0.717) is 0 Å². The Morgan fingerprint density at radius 1 is 1.22 bits per heavy atom. The summed E-state index contributed by atoms with van der Waals surface area (Å²) in [5.41, 5.74) is 1.15. The van der Waals surface area contributed by atoms with Crippen molar-refractivity contribution in [3.63, 3.8) is 0 Å². The maximum atomic E-state index is 4.75. The number of pyridine rings is 1. The maximum absolute atomic E-state index is 4.75. The zero-order chi connectivity index (χ0) is 16.5. The second kappa shape index (κ2) is 8.67. The Bertz CT molecular complexity index is 591. The molecule has 0 saturated carbocycles. The van der Waals surface area contributed by atoms with Crippen molar-refractivity contribution in [3.05, 3.63) is 52.5 Å². The lowest BCUT2D eigenvalue weighted by Crippen LogP contribution is -2.39. The number of thiophene rings is 1. The number of aromatic nitrogens is 1. The van der Waals surface area contributed by atoms with Crippen LogP contribution in [-0.2, 0) is 11.8 Å². The van der Waals surface area contributed by atoms with Gasteiger partial charge in [0.2, 0.25) is 0 Å². The molecule has 0 spiro atoms. The van der Waals surface area contributed by atoms with Crippen molar-refractivity contribution in [2.45, 2.75) is 32.6 Å². The minimum Gasteiger partial charge on any atom is -0.357 e. The standard InChI is InChI=1S/C18H26N4S/c1-4-19-17(21-12-10-15-8-5-6-11-20-15)22-14-18(2,3)16-9-7-13-23-16/h5-9,11,13H,4,10,12,14H2,1-3H3,(H2,19,21,22). The SMILES string of the molecule is CCNC(=NCC(C)(C)c1cccs1)NCCc1ccccn1. The van der Waals surface area contributed by atoms with E-state index < -0.39 is 0 Å². The molecule has 0 saturated heterocycles. The summed E-state index contributed by atoms with van der Waals surface area (Å²) in [6.07, 6.45) is 2.72. The molecule has 124 valence electrons. The Balaban J connectivity index is 1.89. The van der Waals surface area contributed by atoms with E-state index >= 15 is 0 Å². The molecule has 0 amide bonds. The molecule has 2 rings (SSSR count). The second-order valence-electron chi connectivity index (χ2n) is 6.05. The van der Waals surface area contributed by atoms with Gasteiger partial charge >= 0.3 is 0 Å². The molecule has 23 heavy (non-hydrogen) atoms. The average Bonchev–Trinajstić information content (AvgIpc) is 3.09. The van der Waals surface area contributed by atoms with Crippen LogP contribution in [0.3, 0.4) is 0 Å². The molecule has 0 aliphatic carbocycles. The van der Waals surface area contributed by atoms with Crippen molar-refractivity contribution in [1.29, 1.82) is 0 Å². The highest BCUT2D eigenvalue weighted by molar-refractivity contribution is 7.10. The van der Waals surface area contributed by atoms with Crippen LogP contribution in [-0.4, -0.2) is 30.6 Å². The van der Waals surface area contributed by atoms with Gasteiger partial charge < -0.3 is 10.6 Å². The molecule has 0 fully saturated rings. The first kappa shape index (κ1) is 17.5. The van der Waals surface area contributed by atoms with Crippen LogP contribution < -0.4 is 10.6 Å². The zero-order valence-electron chi connectivity index (χ0n) is 14.2. The van der Waals surface area contributed by atoms with Gasteiger partial charge in [0.1, 0.15) is 0 Å². The van der Waals surface area contributed by atoms with Gasteiger partial charge in [-0.05, 0) is 30.5 Å². The topological polar surface area (TPSA) is 49.3 Å². The normalized spacial score (nSPS) is 12.2. The molecular formula is C18H26N4S. The summed E-state index contributed by atoms with van der Waals surface area (Å²) in [7, 11) is 0. The van der Waals surface area contributed by atoms with Crippen LogP contribution in [0.1, 0.15) is 31.3 Å². The Morgan fingerprint density at radius 3 is 2.74 bits per heavy atom. The van der Waals surface area contributed by atoms with Crippen molar-refractivity contribution >= 4 is 17.3 Å². The molecule has 0 radical (unpaired) electrons. The summed E-state index contributed by atoms with van der Waals surface area (Å²) in [4.78, 5) is 10.5. The Kier molecular flexibility index (Phi) is 6.59. The third kappa shape index (κ3) is 5.67. The molecule has 0 aromatic carbocycles. The lowest BCUT2D eigenvalue weighted by atomic mass is 9.92. The third-order valence-corrected chi connectivity index (χ3v) is 4.80. The molecular weight excluding hydrogens is 304 g/mol. The van der Waals surface area contributed by atoms with Gasteiger partial charge in [-0.15, -0.1) is 11.3 Å². The van der Waals surface area contributed by atoms with Crippen LogP contribution in [0.5, 0.6) is 0 Å². The molecule has 0 aliphatic rings. The third-order valence-electron chi connectivity index (χ3n) is 3.56. The summed E-state index contributed by atoms with van der Waals surface area (Å²) < 4.78 is 0. The fourth-order valence-corrected chi connectivity index (χ4v) is 3.06. The highest BCUT2D eigenvalue weighted by Gasteiger charge is 2.21. The van der Waals surface area contributed by atoms with E-state index in [9.17, 15) is 0 Å². The van der Waals surface area contributed by atoms with Gasteiger partial charge in [-0.25, -0.2) is 0 Å². The molecule has 2 aromatic rings. The van der Waals surface area contributed by atoms with E-state index in [4.69, 9.17) is 4.99 Å². The molecule has 0 unspecified atom stereocenters. The van der Waals surface area contributed by atoms with Crippen molar-refractivity contribution < 1.29 is 0 Å². The smallest absolute Gasteiger partial charge is 0.191 e. The minimum absolute atomic E-state index is 0.0531. The number of nitrogens with zero attached hydrogens (tertiary/aromatic N) is 2. The van der Waals surface area contributed by atoms with E-state index in [-0.39, 0.29) is 5.41 Å². The van der Waals surface area contributed by atoms with E-state index in [1.54, 1.807) is 11.3 Å². The van der Waals surface area contributed by atoms with Gasteiger partial charge in [-0.3, -0.25) is 9.98 Å². The van der Waals surface area contributed by atoms with Gasteiger partial charge in [0.15, 0.2) is 5.96 Å². The van der Waals surface area contributed by atoms with Gasteiger partial charge in [0.25, 0.3) is 0 Å². The highest BCUT2D eigenvalue weighted by atomic mass is 32.1. The first-order valence-corrected chi connectivity index (χ1v) is 8.96. The Hall–Kier alpha value is -1.88. The Morgan fingerprint density at radius 2 is 2.09 bits per heavy atom. The summed E-state index contributed by atoms with van der Waals surface area (Å²) >= 11 is 1.79. The van der Waals surface area contributed by atoms with Crippen LogP contribution in [0.2, 0.25) is 0 Å².